The Kier molecular flexibility index (Phi) is 2.86. The molecule has 0 unspecified atom stereocenters. The molecule has 0 spiro atoms. The van der Waals surface area contributed by atoms with Gasteiger partial charge in [-0.1, -0.05) is 6.08 Å². The first-order valence-electron chi connectivity index (χ1n) is 6.04. The highest BCUT2D eigenvalue weighted by molar-refractivity contribution is 5.71. The molecule has 92 valence electrons. The summed E-state index contributed by atoms with van der Waals surface area (Å²) in [5, 5.41) is 9.05. The second kappa shape index (κ2) is 4.06. The van der Waals surface area contributed by atoms with Gasteiger partial charge in [-0.05, 0) is 40.0 Å². The van der Waals surface area contributed by atoms with Crippen LogP contribution >= 0.6 is 0 Å². The van der Waals surface area contributed by atoms with E-state index in [1.54, 1.807) is 4.90 Å². The van der Waals surface area contributed by atoms with E-state index < -0.39 is 5.60 Å². The van der Waals surface area contributed by atoms with Gasteiger partial charge in [0.25, 0.3) is 0 Å². The average molecular weight is 234 g/mol. The molecular formula is C13H18N2O2. The van der Waals surface area contributed by atoms with E-state index in [-0.39, 0.29) is 18.2 Å². The molecule has 17 heavy (non-hydrogen) atoms. The molecule has 0 N–H and O–H groups in total. The van der Waals surface area contributed by atoms with Gasteiger partial charge in [-0.3, -0.25) is 4.90 Å². The Labute approximate surface area is 102 Å². The van der Waals surface area contributed by atoms with Crippen LogP contribution in [0.25, 0.3) is 0 Å². The summed E-state index contributed by atoms with van der Waals surface area (Å²) in [6.07, 6.45) is 4.29. The van der Waals surface area contributed by atoms with Crippen LogP contribution in [0.1, 0.15) is 40.0 Å². The van der Waals surface area contributed by atoms with Crippen LogP contribution in [0.3, 0.4) is 0 Å². The van der Waals surface area contributed by atoms with E-state index in [4.69, 9.17) is 10.00 Å². The maximum absolute atomic E-state index is 12.1. The molecule has 1 amide bonds. The van der Waals surface area contributed by atoms with E-state index in [1.165, 1.54) is 0 Å². The third-order valence-electron chi connectivity index (χ3n) is 3.20. The van der Waals surface area contributed by atoms with Gasteiger partial charge in [0.2, 0.25) is 0 Å². The molecular weight excluding hydrogens is 216 g/mol. The van der Waals surface area contributed by atoms with E-state index in [1.807, 2.05) is 26.8 Å². The average Bonchev–Trinajstić information content (AvgIpc) is 2.52. The molecule has 0 aromatic heterocycles. The summed E-state index contributed by atoms with van der Waals surface area (Å²) >= 11 is 0. The van der Waals surface area contributed by atoms with Gasteiger partial charge in [0.15, 0.2) is 0 Å². The molecule has 2 atom stereocenters. The Morgan fingerprint density at radius 2 is 2.24 bits per heavy atom. The zero-order valence-corrected chi connectivity index (χ0v) is 10.6. The maximum atomic E-state index is 12.1. The van der Waals surface area contributed by atoms with Crippen LogP contribution in [0.4, 0.5) is 4.79 Å². The van der Waals surface area contributed by atoms with Crippen molar-refractivity contribution in [1.82, 2.24) is 4.90 Å². The molecule has 2 heterocycles. The van der Waals surface area contributed by atoms with Crippen LogP contribution in [0, 0.1) is 11.3 Å². The number of nitrogens with zero attached hydrogens (tertiary/aromatic N) is 2. The Hall–Kier alpha value is -1.50. The monoisotopic (exact) mass is 234 g/mol. The summed E-state index contributed by atoms with van der Waals surface area (Å²) in [5.41, 5.74) is 0.231. The predicted molar refractivity (Wildman–Crippen MR) is 63.2 cm³/mol. The minimum absolute atomic E-state index is 0.0615. The third-order valence-corrected chi connectivity index (χ3v) is 3.20. The van der Waals surface area contributed by atoms with Gasteiger partial charge in [0, 0.05) is 11.6 Å². The van der Waals surface area contributed by atoms with Crippen LogP contribution in [-0.2, 0) is 4.74 Å². The number of carbonyl (C=O) groups excluding carboxylic acids is 1. The Bertz CT molecular complexity index is 401. The highest BCUT2D eigenvalue weighted by Crippen LogP contribution is 2.36. The Morgan fingerprint density at radius 3 is 2.82 bits per heavy atom. The third kappa shape index (κ3) is 2.28. The minimum Gasteiger partial charge on any atom is -0.444 e. The lowest BCUT2D eigenvalue weighted by molar-refractivity contribution is 0.0165. The lowest BCUT2D eigenvalue weighted by Crippen LogP contribution is -2.46. The van der Waals surface area contributed by atoms with Crippen molar-refractivity contribution in [3.05, 3.63) is 11.6 Å². The van der Waals surface area contributed by atoms with Gasteiger partial charge < -0.3 is 4.74 Å². The van der Waals surface area contributed by atoms with Gasteiger partial charge in [-0.15, -0.1) is 0 Å². The van der Waals surface area contributed by atoms with Gasteiger partial charge in [-0.2, -0.15) is 5.26 Å². The Balaban J connectivity index is 2.16. The number of hydrogen-bond donors (Lipinski definition) is 0. The largest absolute Gasteiger partial charge is 0.444 e. The molecule has 2 rings (SSSR count). The molecule has 2 bridgehead atoms. The van der Waals surface area contributed by atoms with Gasteiger partial charge in [0.05, 0.1) is 12.1 Å². The zero-order valence-electron chi connectivity index (χ0n) is 10.6. The molecule has 4 heteroatoms. The van der Waals surface area contributed by atoms with Crippen LogP contribution in [0.2, 0.25) is 0 Å². The van der Waals surface area contributed by atoms with Crippen molar-refractivity contribution in [3.8, 4) is 6.07 Å². The smallest absolute Gasteiger partial charge is 0.411 e. The highest BCUT2D eigenvalue weighted by Gasteiger charge is 2.42. The molecule has 1 fully saturated rings. The van der Waals surface area contributed by atoms with Crippen molar-refractivity contribution >= 4 is 6.09 Å². The summed E-state index contributed by atoms with van der Waals surface area (Å²) in [6, 6.07) is 2.34. The Morgan fingerprint density at radius 1 is 1.53 bits per heavy atom. The summed E-state index contributed by atoms with van der Waals surface area (Å²) in [5.74, 6) is 0. The molecule has 0 aromatic rings. The topological polar surface area (TPSA) is 53.3 Å². The number of nitriles is 1. The fourth-order valence-corrected chi connectivity index (χ4v) is 2.53. The van der Waals surface area contributed by atoms with Crippen molar-refractivity contribution in [1.29, 1.82) is 5.26 Å². The summed E-state index contributed by atoms with van der Waals surface area (Å²) in [4.78, 5) is 13.9. The van der Waals surface area contributed by atoms with E-state index in [9.17, 15) is 4.79 Å². The summed E-state index contributed by atoms with van der Waals surface area (Å²) in [6.45, 7) is 5.58. The second-order valence-corrected chi connectivity index (χ2v) is 5.64. The number of rotatable bonds is 0. The first-order chi connectivity index (χ1) is 7.92. The molecule has 2 aliphatic rings. The van der Waals surface area contributed by atoms with Crippen LogP contribution in [-0.4, -0.2) is 28.7 Å². The molecule has 0 aliphatic carbocycles. The number of fused-ring (bicyclic) bond motifs is 2. The lowest BCUT2D eigenvalue weighted by Gasteiger charge is -2.34. The molecule has 2 aliphatic heterocycles. The minimum atomic E-state index is -0.482. The highest BCUT2D eigenvalue weighted by atomic mass is 16.6. The molecule has 4 nitrogen and oxygen atoms in total. The van der Waals surface area contributed by atoms with Gasteiger partial charge in [0.1, 0.15) is 5.60 Å². The van der Waals surface area contributed by atoms with Crippen LogP contribution in [0.15, 0.2) is 11.6 Å². The van der Waals surface area contributed by atoms with Crippen LogP contribution < -0.4 is 0 Å². The molecule has 1 saturated heterocycles. The lowest BCUT2D eigenvalue weighted by atomic mass is 10.0. The number of ether oxygens (including phenoxy) is 1. The van der Waals surface area contributed by atoms with Crippen molar-refractivity contribution in [2.24, 2.45) is 0 Å². The van der Waals surface area contributed by atoms with Crippen LogP contribution in [0.5, 0.6) is 0 Å². The summed E-state index contributed by atoms with van der Waals surface area (Å²) < 4.78 is 5.40. The van der Waals surface area contributed by atoms with E-state index >= 15 is 0 Å². The zero-order chi connectivity index (χ0) is 12.6. The quantitative estimate of drug-likeness (QED) is 0.647. The first-order valence-corrected chi connectivity index (χ1v) is 6.04. The SMILES string of the molecule is CC(C)(C)OC(=O)N1[C@@H]2CC=C(C#N)[C@H]1CC2. The van der Waals surface area contributed by atoms with E-state index in [0.29, 0.717) is 5.57 Å². The number of hydrogen-bond acceptors (Lipinski definition) is 3. The normalized spacial score (nSPS) is 27.4. The van der Waals surface area contributed by atoms with Crippen molar-refractivity contribution < 1.29 is 9.53 Å². The van der Waals surface area contributed by atoms with E-state index in [2.05, 4.69) is 6.07 Å². The fourth-order valence-electron chi connectivity index (χ4n) is 2.53. The predicted octanol–water partition coefficient (Wildman–Crippen LogP) is 2.61. The molecule has 0 saturated carbocycles. The number of carbonyl (C=O) groups is 1. The molecule has 0 radical (unpaired) electrons. The maximum Gasteiger partial charge on any atom is 0.411 e. The van der Waals surface area contributed by atoms with Crippen molar-refractivity contribution in [3.63, 3.8) is 0 Å². The standard InChI is InChI=1S/C13H18N2O2/c1-13(2,3)17-12(16)15-10-5-4-9(8-14)11(15)7-6-10/h4,10-11H,5-7H2,1-3H3/t10-,11-/m1/s1. The number of amides is 1. The van der Waals surface area contributed by atoms with Gasteiger partial charge >= 0.3 is 6.09 Å². The fraction of sp³-hybridized carbons (Fsp3) is 0.692. The van der Waals surface area contributed by atoms with E-state index in [0.717, 1.165) is 19.3 Å². The van der Waals surface area contributed by atoms with Crippen molar-refractivity contribution in [2.75, 3.05) is 0 Å². The second-order valence-electron chi connectivity index (χ2n) is 5.64. The van der Waals surface area contributed by atoms with Gasteiger partial charge in [-0.25, -0.2) is 4.79 Å². The summed E-state index contributed by atoms with van der Waals surface area (Å²) in [7, 11) is 0. The molecule has 0 aromatic carbocycles. The van der Waals surface area contributed by atoms with Crippen molar-refractivity contribution in [2.45, 2.75) is 57.7 Å². The first kappa shape index (κ1) is 12.0.